The van der Waals surface area contributed by atoms with Crippen molar-refractivity contribution in [1.29, 1.82) is 0 Å². The number of morpholine rings is 1. The highest BCUT2D eigenvalue weighted by molar-refractivity contribution is 14.0. The number of nitrogens with zero attached hydrogens (tertiary/aromatic N) is 2. The lowest BCUT2D eigenvalue weighted by Gasteiger charge is -2.33. The molecule has 1 rings (SSSR count). The van der Waals surface area contributed by atoms with Gasteiger partial charge >= 0.3 is 0 Å². The molecule has 1 fully saturated rings. The van der Waals surface area contributed by atoms with Gasteiger partial charge in [0.05, 0.1) is 19.3 Å². The predicted octanol–water partition coefficient (Wildman–Crippen LogP) is 1.43. The van der Waals surface area contributed by atoms with Gasteiger partial charge in [0, 0.05) is 45.2 Å². The molecule has 1 aliphatic rings. The molecule has 0 saturated carbocycles. The van der Waals surface area contributed by atoms with Crippen molar-refractivity contribution in [2.75, 3.05) is 45.9 Å². The normalized spacial score (nSPS) is 18.6. The molecule has 0 aromatic rings. The number of halogens is 1. The number of ether oxygens (including phenoxy) is 1. The minimum Gasteiger partial charge on any atom is -0.374 e. The van der Waals surface area contributed by atoms with E-state index in [2.05, 4.69) is 39.7 Å². The lowest BCUT2D eigenvalue weighted by Crippen LogP contribution is -2.46. The van der Waals surface area contributed by atoms with Crippen molar-refractivity contribution >= 4 is 35.8 Å². The van der Waals surface area contributed by atoms with Crippen molar-refractivity contribution in [3.8, 4) is 0 Å². The van der Waals surface area contributed by atoms with Gasteiger partial charge in [0.2, 0.25) is 5.91 Å². The molecule has 1 atom stereocenters. The van der Waals surface area contributed by atoms with Gasteiger partial charge in [0.1, 0.15) is 0 Å². The van der Waals surface area contributed by atoms with E-state index in [0.29, 0.717) is 25.4 Å². The highest BCUT2D eigenvalue weighted by Crippen LogP contribution is 2.08. The van der Waals surface area contributed by atoms with Gasteiger partial charge in [0.15, 0.2) is 5.96 Å². The number of amides is 1. The predicted molar refractivity (Wildman–Crippen MR) is 118 cm³/mol. The fraction of sp³-hybridized carbons (Fsp3) is 0.889. The summed E-state index contributed by atoms with van der Waals surface area (Å²) in [6, 6.07) is 0.173. The second-order valence-electron chi connectivity index (χ2n) is 7.26. The van der Waals surface area contributed by atoms with Crippen LogP contribution in [-0.4, -0.2) is 74.8 Å². The van der Waals surface area contributed by atoms with Gasteiger partial charge in [-0.25, -0.2) is 0 Å². The van der Waals surface area contributed by atoms with E-state index in [1.54, 1.807) is 0 Å². The topological polar surface area (TPSA) is 78.0 Å². The lowest BCUT2D eigenvalue weighted by atomic mass is 10.2. The third-order valence-electron chi connectivity index (χ3n) is 3.74. The number of rotatable bonds is 9. The van der Waals surface area contributed by atoms with E-state index in [0.717, 1.165) is 38.7 Å². The number of guanidine groups is 1. The third kappa shape index (κ3) is 11.9. The monoisotopic (exact) mass is 483 g/mol. The first-order chi connectivity index (χ1) is 11.9. The number of hydrogen-bond donors (Lipinski definition) is 3. The molecule has 154 valence electrons. The molecule has 26 heavy (non-hydrogen) atoms. The zero-order valence-electron chi connectivity index (χ0n) is 17.0. The average molecular weight is 483 g/mol. The van der Waals surface area contributed by atoms with Crippen LogP contribution >= 0.6 is 24.0 Å². The molecule has 1 saturated heterocycles. The van der Waals surface area contributed by atoms with Crippen molar-refractivity contribution in [2.24, 2.45) is 10.9 Å². The van der Waals surface area contributed by atoms with Crippen LogP contribution in [0.25, 0.3) is 0 Å². The Balaban J connectivity index is 0.00000625. The maximum Gasteiger partial charge on any atom is 0.221 e. The van der Waals surface area contributed by atoms with Gasteiger partial charge in [-0.2, -0.15) is 0 Å². The van der Waals surface area contributed by atoms with Crippen LogP contribution in [0.3, 0.4) is 0 Å². The van der Waals surface area contributed by atoms with Crippen molar-refractivity contribution in [3.63, 3.8) is 0 Å². The summed E-state index contributed by atoms with van der Waals surface area (Å²) >= 11 is 0. The van der Waals surface area contributed by atoms with Crippen molar-refractivity contribution in [2.45, 2.75) is 53.2 Å². The Kier molecular flexibility index (Phi) is 14.1. The molecule has 0 radical (unpaired) electrons. The van der Waals surface area contributed by atoms with E-state index < -0.39 is 0 Å². The summed E-state index contributed by atoms with van der Waals surface area (Å²) in [6.45, 7) is 16.2. The van der Waals surface area contributed by atoms with E-state index in [-0.39, 0.29) is 42.0 Å². The van der Waals surface area contributed by atoms with Crippen LogP contribution in [0, 0.1) is 5.92 Å². The van der Waals surface area contributed by atoms with Crippen molar-refractivity contribution in [1.82, 2.24) is 20.9 Å². The van der Waals surface area contributed by atoms with Crippen molar-refractivity contribution in [3.05, 3.63) is 0 Å². The minimum atomic E-state index is 0. The van der Waals surface area contributed by atoms with Gasteiger partial charge < -0.3 is 20.7 Å². The first kappa shape index (κ1) is 25.4. The molecule has 3 N–H and O–H groups in total. The first-order valence-electron chi connectivity index (χ1n) is 9.56. The molecular formula is C18H38IN5O2. The van der Waals surface area contributed by atoms with Gasteiger partial charge in [-0.15, -0.1) is 24.0 Å². The zero-order chi connectivity index (χ0) is 18.7. The minimum absolute atomic E-state index is 0. The summed E-state index contributed by atoms with van der Waals surface area (Å²) < 4.78 is 5.84. The molecular weight excluding hydrogens is 445 g/mol. The summed E-state index contributed by atoms with van der Waals surface area (Å²) in [4.78, 5) is 18.8. The van der Waals surface area contributed by atoms with E-state index >= 15 is 0 Å². The van der Waals surface area contributed by atoms with Gasteiger partial charge in [-0.05, 0) is 26.7 Å². The van der Waals surface area contributed by atoms with Crippen molar-refractivity contribution < 1.29 is 9.53 Å². The van der Waals surface area contributed by atoms with Crippen LogP contribution in [0.15, 0.2) is 4.99 Å². The molecule has 7 nitrogen and oxygen atoms in total. The molecule has 0 aromatic heterocycles. The number of hydrogen-bond acceptors (Lipinski definition) is 4. The van der Waals surface area contributed by atoms with Crippen LogP contribution in [0.2, 0.25) is 0 Å². The van der Waals surface area contributed by atoms with E-state index in [1.807, 2.05) is 20.8 Å². The van der Waals surface area contributed by atoms with Crippen LogP contribution in [0.1, 0.15) is 41.0 Å². The summed E-state index contributed by atoms with van der Waals surface area (Å²) in [5.41, 5.74) is 0. The molecule has 1 unspecified atom stereocenters. The molecule has 1 heterocycles. The fourth-order valence-electron chi connectivity index (χ4n) is 2.80. The molecule has 0 bridgehead atoms. The third-order valence-corrected chi connectivity index (χ3v) is 3.74. The number of nitrogens with one attached hydrogen (secondary N) is 3. The van der Waals surface area contributed by atoms with Gasteiger partial charge in [-0.3, -0.25) is 14.7 Å². The van der Waals surface area contributed by atoms with Crippen LogP contribution in [0.5, 0.6) is 0 Å². The summed E-state index contributed by atoms with van der Waals surface area (Å²) in [7, 11) is 0. The Labute approximate surface area is 176 Å². The van der Waals surface area contributed by atoms with E-state index in [1.165, 1.54) is 0 Å². The molecule has 1 aliphatic heterocycles. The van der Waals surface area contributed by atoms with Gasteiger partial charge in [0.25, 0.3) is 0 Å². The average Bonchev–Trinajstić information content (AvgIpc) is 2.51. The van der Waals surface area contributed by atoms with Crippen LogP contribution < -0.4 is 16.0 Å². The van der Waals surface area contributed by atoms with E-state index in [9.17, 15) is 4.79 Å². The fourth-order valence-corrected chi connectivity index (χ4v) is 2.80. The summed E-state index contributed by atoms with van der Waals surface area (Å²) in [5, 5.41) is 9.32. The number of aliphatic imine (C=N–C) groups is 1. The van der Waals surface area contributed by atoms with Crippen LogP contribution in [0.4, 0.5) is 0 Å². The SMILES string of the molecule is CCNC(=NCC1CN(CC(C)C)CCO1)NCCC(=O)NC(C)C.I. The summed E-state index contributed by atoms with van der Waals surface area (Å²) in [5.74, 6) is 1.46. The lowest BCUT2D eigenvalue weighted by molar-refractivity contribution is -0.121. The standard InChI is InChI=1S/C18H37N5O2.HI/c1-6-19-18(20-8-7-17(24)22-15(4)5)21-11-16-13-23(9-10-25-16)12-14(2)3;/h14-16H,6-13H2,1-5H3,(H,22,24)(H2,19,20,21);1H. The van der Waals surface area contributed by atoms with E-state index in [4.69, 9.17) is 4.74 Å². The molecule has 0 aromatic carbocycles. The molecule has 1 amide bonds. The smallest absolute Gasteiger partial charge is 0.221 e. The Bertz CT molecular complexity index is 418. The Morgan fingerprint density at radius 1 is 1.27 bits per heavy atom. The largest absolute Gasteiger partial charge is 0.374 e. The number of carbonyl (C=O) groups excluding carboxylic acids is 1. The first-order valence-corrected chi connectivity index (χ1v) is 9.56. The van der Waals surface area contributed by atoms with Gasteiger partial charge in [-0.1, -0.05) is 13.8 Å². The Morgan fingerprint density at radius 3 is 2.62 bits per heavy atom. The second-order valence-corrected chi connectivity index (χ2v) is 7.26. The Hall–Kier alpha value is -0.610. The molecule has 0 aliphatic carbocycles. The quantitative estimate of drug-likeness (QED) is 0.263. The maximum absolute atomic E-state index is 11.7. The Morgan fingerprint density at radius 2 is 2.00 bits per heavy atom. The van der Waals surface area contributed by atoms with Crippen LogP contribution in [-0.2, 0) is 9.53 Å². The summed E-state index contributed by atoms with van der Waals surface area (Å²) in [6.07, 6.45) is 0.567. The molecule has 8 heteroatoms. The maximum atomic E-state index is 11.7. The number of carbonyl (C=O) groups is 1. The highest BCUT2D eigenvalue weighted by Gasteiger charge is 2.20. The zero-order valence-corrected chi connectivity index (χ0v) is 19.3. The highest BCUT2D eigenvalue weighted by atomic mass is 127. The second kappa shape index (κ2) is 14.4. The molecule has 0 spiro atoms.